The zero-order valence-corrected chi connectivity index (χ0v) is 16.9. The van der Waals surface area contributed by atoms with Crippen molar-refractivity contribution < 1.29 is 47.9 Å². The topological polar surface area (TPSA) is 125 Å². The number of rotatable bonds is 5. The van der Waals surface area contributed by atoms with Crippen molar-refractivity contribution in [3.8, 4) is 11.4 Å². The van der Waals surface area contributed by atoms with Crippen LogP contribution in [0.1, 0.15) is 5.56 Å². The number of carboxylic acid groups (broad SMARTS) is 1. The van der Waals surface area contributed by atoms with E-state index in [0.29, 0.717) is 22.3 Å². The number of carboxylic acids is 1. The van der Waals surface area contributed by atoms with Gasteiger partial charge in [-0.05, 0) is 30.7 Å². The van der Waals surface area contributed by atoms with Gasteiger partial charge in [-0.3, -0.25) is 14.7 Å². The van der Waals surface area contributed by atoms with E-state index in [0.717, 1.165) is 5.56 Å². The molecule has 0 bridgehead atoms. The van der Waals surface area contributed by atoms with Crippen molar-refractivity contribution in [1.82, 2.24) is 15.0 Å². The van der Waals surface area contributed by atoms with Crippen LogP contribution < -0.4 is 39.4 Å². The van der Waals surface area contributed by atoms with Crippen molar-refractivity contribution in [3.05, 3.63) is 48.3 Å². The molecule has 0 saturated heterocycles. The minimum atomic E-state index is -4.17. The molecule has 8 nitrogen and oxygen atoms in total. The molecule has 0 saturated carbocycles. The van der Waals surface area contributed by atoms with Gasteiger partial charge in [0.05, 0.1) is 17.4 Å². The second kappa shape index (κ2) is 8.09. The number of anilines is 1. The molecule has 0 aromatic carbocycles. The fourth-order valence-electron chi connectivity index (χ4n) is 2.37. The molecule has 0 radical (unpaired) electrons. The number of nitrogens with one attached hydrogen (secondary N) is 1. The maximum Gasteiger partial charge on any atom is 1.00 e. The van der Waals surface area contributed by atoms with Crippen LogP contribution in [0.25, 0.3) is 22.3 Å². The molecule has 3 rings (SSSR count). The summed E-state index contributed by atoms with van der Waals surface area (Å²) >= 11 is 0. The Morgan fingerprint density at radius 1 is 1.19 bits per heavy atom. The number of sulfonamides is 1. The molecule has 0 atom stereocenters. The average molecular weight is 380 g/mol. The number of nitrogens with zero attached hydrogens (tertiary/aromatic N) is 3. The summed E-state index contributed by atoms with van der Waals surface area (Å²) in [6.07, 6.45) is 3.10. The fourth-order valence-corrected chi connectivity index (χ4v) is 3.19. The van der Waals surface area contributed by atoms with Gasteiger partial charge in [0.2, 0.25) is 10.0 Å². The number of aliphatic carboxylic acids is 1. The Morgan fingerprint density at radius 3 is 2.58 bits per heavy atom. The van der Waals surface area contributed by atoms with Crippen LogP contribution in [0, 0.1) is 6.92 Å². The zero-order valence-electron chi connectivity index (χ0n) is 14.1. The maximum atomic E-state index is 12.0. The number of aryl methyl sites for hydroxylation is 1. The van der Waals surface area contributed by atoms with E-state index in [-0.39, 0.29) is 35.4 Å². The minimum absolute atomic E-state index is 0. The monoisotopic (exact) mass is 380 g/mol. The van der Waals surface area contributed by atoms with Gasteiger partial charge < -0.3 is 9.90 Å². The van der Waals surface area contributed by atoms with E-state index < -0.39 is 21.7 Å². The van der Waals surface area contributed by atoms with Crippen molar-refractivity contribution >= 4 is 32.7 Å². The Hall–Kier alpha value is -2.07. The molecular formula is C16H13N4NaO4S. The normalized spacial score (nSPS) is 11.0. The van der Waals surface area contributed by atoms with Crippen molar-refractivity contribution in [2.45, 2.75) is 6.92 Å². The standard InChI is InChI=1S/C16H14N4O4S.Na/c1-10-4-2-6-17-14(10)12-8-11-5-3-7-18-15(11)16(19-12)20-25(23,24)9-13(21)22;/h2-8H,9H2,1H3,(H,19,20)(H,21,22);/q;+1/p-1. The van der Waals surface area contributed by atoms with Gasteiger partial charge in [-0.25, -0.2) is 13.4 Å². The molecule has 26 heavy (non-hydrogen) atoms. The number of carbonyl (C=O) groups is 1. The Balaban J connectivity index is 0.00000243. The smallest absolute Gasteiger partial charge is 0.549 e. The van der Waals surface area contributed by atoms with Gasteiger partial charge in [-0.2, -0.15) is 0 Å². The quantitative estimate of drug-likeness (QED) is 0.485. The van der Waals surface area contributed by atoms with Crippen LogP contribution in [0.4, 0.5) is 5.82 Å². The third-order valence-electron chi connectivity index (χ3n) is 3.40. The fraction of sp³-hybridized carbons (Fsp3) is 0.125. The van der Waals surface area contributed by atoms with Crippen molar-refractivity contribution in [3.63, 3.8) is 0 Å². The summed E-state index contributed by atoms with van der Waals surface area (Å²) in [6.45, 7) is 1.86. The van der Waals surface area contributed by atoms with Gasteiger partial charge in [0.1, 0.15) is 11.3 Å². The number of carbonyl (C=O) groups excluding carboxylic acids is 1. The SMILES string of the molecule is Cc1cccnc1-c1cc2cccnc2c(NS(=O)(=O)CC(=O)[O-])n1.[Na+]. The van der Waals surface area contributed by atoms with E-state index in [4.69, 9.17) is 0 Å². The number of pyridine rings is 3. The summed E-state index contributed by atoms with van der Waals surface area (Å²) in [4.78, 5) is 23.3. The Bertz CT molecular complexity index is 1070. The molecular weight excluding hydrogens is 367 g/mol. The van der Waals surface area contributed by atoms with Crippen LogP contribution in [-0.2, 0) is 14.8 Å². The largest absolute Gasteiger partial charge is 1.00 e. The van der Waals surface area contributed by atoms with Gasteiger partial charge in [-0.1, -0.05) is 12.1 Å². The van der Waals surface area contributed by atoms with Gasteiger partial charge >= 0.3 is 29.6 Å². The molecule has 0 fully saturated rings. The van der Waals surface area contributed by atoms with Crippen molar-refractivity contribution in [2.75, 3.05) is 10.5 Å². The third-order valence-corrected chi connectivity index (χ3v) is 4.52. The minimum Gasteiger partial charge on any atom is -0.549 e. The van der Waals surface area contributed by atoms with E-state index in [1.807, 2.05) is 13.0 Å². The molecule has 3 aromatic rings. The molecule has 128 valence electrons. The summed E-state index contributed by atoms with van der Waals surface area (Å²) in [5, 5.41) is 11.3. The number of aromatic nitrogens is 3. The Kier molecular flexibility index (Phi) is 6.30. The molecule has 1 N–H and O–H groups in total. The molecule has 0 aliphatic carbocycles. The van der Waals surface area contributed by atoms with Gasteiger partial charge in [0.15, 0.2) is 5.82 Å². The molecule has 0 spiro atoms. The number of hydrogen-bond donors (Lipinski definition) is 1. The van der Waals surface area contributed by atoms with Crippen molar-refractivity contribution in [2.24, 2.45) is 0 Å². The summed E-state index contributed by atoms with van der Waals surface area (Å²) in [6, 6.07) is 8.84. The van der Waals surface area contributed by atoms with Crippen LogP contribution in [-0.4, -0.2) is 35.1 Å². The predicted octanol–water partition coefficient (Wildman–Crippen LogP) is -2.50. The van der Waals surface area contributed by atoms with Gasteiger partial charge in [0, 0.05) is 17.8 Å². The van der Waals surface area contributed by atoms with E-state index in [2.05, 4.69) is 19.7 Å². The first-order valence-corrected chi connectivity index (χ1v) is 8.89. The van der Waals surface area contributed by atoms with E-state index >= 15 is 0 Å². The summed E-state index contributed by atoms with van der Waals surface area (Å²) in [5.74, 6) is -2.93. The second-order valence-corrected chi connectivity index (χ2v) is 7.06. The average Bonchev–Trinajstić information content (AvgIpc) is 2.53. The van der Waals surface area contributed by atoms with Crippen molar-refractivity contribution in [1.29, 1.82) is 0 Å². The maximum absolute atomic E-state index is 12.0. The number of fused-ring (bicyclic) bond motifs is 1. The number of hydrogen-bond acceptors (Lipinski definition) is 7. The first-order valence-electron chi connectivity index (χ1n) is 7.24. The van der Waals surface area contributed by atoms with Crippen LogP contribution in [0.5, 0.6) is 0 Å². The second-order valence-electron chi connectivity index (χ2n) is 5.33. The first-order chi connectivity index (χ1) is 11.9. The zero-order chi connectivity index (χ0) is 18.0. The summed E-state index contributed by atoms with van der Waals surface area (Å²) in [5.41, 5.74) is 2.21. The predicted molar refractivity (Wildman–Crippen MR) is 89.9 cm³/mol. The third kappa shape index (κ3) is 4.55. The van der Waals surface area contributed by atoms with Crippen LogP contribution in [0.15, 0.2) is 42.7 Å². The van der Waals surface area contributed by atoms with E-state index in [9.17, 15) is 18.3 Å². The van der Waals surface area contributed by atoms with Crippen LogP contribution in [0.3, 0.4) is 0 Å². The molecule has 0 aliphatic rings. The molecule has 3 aromatic heterocycles. The summed E-state index contributed by atoms with van der Waals surface area (Å²) in [7, 11) is -4.17. The van der Waals surface area contributed by atoms with Crippen LogP contribution in [0.2, 0.25) is 0 Å². The molecule has 0 aliphatic heterocycles. The molecule has 0 amide bonds. The molecule has 3 heterocycles. The Labute approximate surface area is 172 Å². The Morgan fingerprint density at radius 2 is 1.88 bits per heavy atom. The molecule has 10 heteroatoms. The summed E-state index contributed by atoms with van der Waals surface area (Å²) < 4.78 is 26.1. The molecule has 0 unspecified atom stereocenters. The first kappa shape index (κ1) is 20.2. The van der Waals surface area contributed by atoms with Crippen LogP contribution >= 0.6 is 0 Å². The van der Waals surface area contributed by atoms with E-state index in [1.165, 1.54) is 6.20 Å². The van der Waals surface area contributed by atoms with Gasteiger partial charge in [-0.15, -0.1) is 0 Å². The van der Waals surface area contributed by atoms with E-state index in [1.54, 1.807) is 30.5 Å². The van der Waals surface area contributed by atoms with Gasteiger partial charge in [0.25, 0.3) is 0 Å².